The van der Waals surface area contributed by atoms with Crippen LogP contribution < -0.4 is 5.32 Å². The Morgan fingerprint density at radius 3 is 2.17 bits per heavy atom. The van der Waals surface area contributed by atoms with Crippen molar-refractivity contribution in [2.45, 2.75) is 66.0 Å². The number of hydrogen-bond acceptors (Lipinski definition) is 3. The summed E-state index contributed by atoms with van der Waals surface area (Å²) in [6, 6.07) is 9.66. The van der Waals surface area contributed by atoms with E-state index in [1.807, 2.05) is 44.2 Å². The number of benzene rings is 1. The van der Waals surface area contributed by atoms with Gasteiger partial charge in [-0.15, -0.1) is 0 Å². The molecule has 1 unspecified atom stereocenters. The number of alkyl carbamates (subject to hydrolysis) is 1. The van der Waals surface area contributed by atoms with Crippen molar-refractivity contribution in [3.8, 4) is 0 Å². The molecule has 0 aliphatic rings. The Bertz CT molecular complexity index is 495. The SMILES string of the molecule is C[SiH](C)OC(C(C)(C)C)C(C)(C)NC(=O)OCc1ccccc1. The van der Waals surface area contributed by atoms with Gasteiger partial charge in [0.05, 0.1) is 11.6 Å². The van der Waals surface area contributed by atoms with Crippen LogP contribution in [0.1, 0.15) is 40.2 Å². The van der Waals surface area contributed by atoms with E-state index < -0.39 is 20.7 Å². The molecule has 4 nitrogen and oxygen atoms in total. The van der Waals surface area contributed by atoms with E-state index in [0.29, 0.717) is 0 Å². The molecule has 0 saturated carbocycles. The zero-order chi connectivity index (χ0) is 17.7. The fourth-order valence-corrected chi connectivity index (χ4v) is 4.11. The van der Waals surface area contributed by atoms with E-state index in [-0.39, 0.29) is 18.1 Å². The van der Waals surface area contributed by atoms with Gasteiger partial charge in [0.2, 0.25) is 0 Å². The minimum absolute atomic E-state index is 0.0759. The van der Waals surface area contributed by atoms with Crippen molar-refractivity contribution in [2.24, 2.45) is 5.41 Å². The molecule has 0 aliphatic carbocycles. The molecule has 5 heteroatoms. The molecule has 1 amide bonds. The number of carbonyl (C=O) groups excluding carboxylic acids is 1. The van der Waals surface area contributed by atoms with E-state index in [4.69, 9.17) is 9.16 Å². The van der Waals surface area contributed by atoms with Gasteiger partial charge in [0.1, 0.15) is 6.61 Å². The van der Waals surface area contributed by atoms with Crippen LogP contribution in [0.3, 0.4) is 0 Å². The molecule has 23 heavy (non-hydrogen) atoms. The number of rotatable bonds is 6. The predicted octanol–water partition coefficient (Wildman–Crippen LogP) is 4.11. The van der Waals surface area contributed by atoms with Crippen molar-refractivity contribution in [3.63, 3.8) is 0 Å². The maximum atomic E-state index is 12.2. The van der Waals surface area contributed by atoms with Crippen molar-refractivity contribution in [1.82, 2.24) is 5.32 Å². The van der Waals surface area contributed by atoms with Crippen LogP contribution in [-0.2, 0) is 15.8 Å². The van der Waals surface area contributed by atoms with Crippen molar-refractivity contribution in [3.05, 3.63) is 35.9 Å². The lowest BCUT2D eigenvalue weighted by atomic mass is 9.78. The summed E-state index contributed by atoms with van der Waals surface area (Å²) in [5.41, 5.74) is 0.384. The highest BCUT2D eigenvalue weighted by molar-refractivity contribution is 6.48. The second-order valence-electron chi connectivity index (χ2n) is 7.84. The largest absolute Gasteiger partial charge is 0.445 e. The summed E-state index contributed by atoms with van der Waals surface area (Å²) in [5.74, 6) is 0. The molecule has 0 fully saturated rings. The van der Waals surface area contributed by atoms with Gasteiger partial charge in [-0.05, 0) is 37.9 Å². The normalized spacial score (nSPS) is 13.7. The summed E-state index contributed by atoms with van der Waals surface area (Å²) in [4.78, 5) is 12.2. The number of carbonyl (C=O) groups is 1. The predicted molar refractivity (Wildman–Crippen MR) is 97.0 cm³/mol. The lowest BCUT2D eigenvalue weighted by molar-refractivity contribution is 0.0115. The molecule has 1 N–H and O–H groups in total. The van der Waals surface area contributed by atoms with Crippen LogP contribution >= 0.6 is 0 Å². The van der Waals surface area contributed by atoms with Gasteiger partial charge in [0.15, 0.2) is 9.04 Å². The van der Waals surface area contributed by atoms with Crippen LogP contribution in [0.15, 0.2) is 30.3 Å². The van der Waals surface area contributed by atoms with Crippen molar-refractivity contribution in [2.75, 3.05) is 0 Å². The second-order valence-corrected chi connectivity index (χ2v) is 10.2. The van der Waals surface area contributed by atoms with Gasteiger partial charge in [-0.3, -0.25) is 0 Å². The molecule has 130 valence electrons. The Hall–Kier alpha value is -1.33. The standard InChI is InChI=1S/C18H31NO3Si/c1-17(2,3)15(22-23(6)7)18(4,5)19-16(20)21-13-14-11-9-8-10-12-14/h8-12,15,23H,13H2,1-7H3,(H,19,20). The highest BCUT2D eigenvalue weighted by Crippen LogP contribution is 2.31. The minimum atomic E-state index is -1.23. The van der Waals surface area contributed by atoms with Gasteiger partial charge in [0.25, 0.3) is 0 Å². The molecular formula is C18H31NO3Si. The molecule has 0 radical (unpaired) electrons. The summed E-state index contributed by atoms with van der Waals surface area (Å²) < 4.78 is 11.5. The first-order valence-electron chi connectivity index (χ1n) is 8.16. The maximum Gasteiger partial charge on any atom is 0.407 e. The molecule has 0 saturated heterocycles. The van der Waals surface area contributed by atoms with Gasteiger partial charge in [-0.2, -0.15) is 0 Å². The first-order chi connectivity index (χ1) is 10.5. The fourth-order valence-electron chi connectivity index (χ4n) is 2.82. The zero-order valence-electron chi connectivity index (χ0n) is 15.5. The first kappa shape index (κ1) is 19.7. The van der Waals surface area contributed by atoms with Crippen molar-refractivity contribution < 1.29 is 14.0 Å². The monoisotopic (exact) mass is 337 g/mol. The van der Waals surface area contributed by atoms with Gasteiger partial charge in [0, 0.05) is 0 Å². The third kappa shape index (κ3) is 6.75. The van der Waals surface area contributed by atoms with Crippen LogP contribution in [0.4, 0.5) is 4.79 Å². The Morgan fingerprint density at radius 1 is 1.13 bits per heavy atom. The minimum Gasteiger partial charge on any atom is -0.445 e. The number of amides is 1. The molecular weight excluding hydrogens is 306 g/mol. The topological polar surface area (TPSA) is 47.6 Å². The smallest absolute Gasteiger partial charge is 0.407 e. The molecule has 0 aliphatic heterocycles. The van der Waals surface area contributed by atoms with E-state index in [1.54, 1.807) is 0 Å². The van der Waals surface area contributed by atoms with Crippen molar-refractivity contribution >= 4 is 15.1 Å². The molecule has 0 spiro atoms. The summed E-state index contributed by atoms with van der Waals surface area (Å²) in [5, 5.41) is 2.97. The summed E-state index contributed by atoms with van der Waals surface area (Å²) in [6.07, 6.45) is -0.493. The van der Waals surface area contributed by atoms with Crippen LogP contribution in [0.5, 0.6) is 0 Å². The second kappa shape index (κ2) is 7.97. The van der Waals surface area contributed by atoms with Crippen LogP contribution in [0.2, 0.25) is 13.1 Å². The summed E-state index contributed by atoms with van der Waals surface area (Å²) in [6.45, 7) is 14.9. The van der Waals surface area contributed by atoms with Crippen LogP contribution in [-0.4, -0.2) is 26.8 Å². The molecule has 0 heterocycles. The van der Waals surface area contributed by atoms with E-state index in [1.165, 1.54) is 0 Å². The highest BCUT2D eigenvalue weighted by Gasteiger charge is 2.40. The lowest BCUT2D eigenvalue weighted by Gasteiger charge is -2.43. The fraction of sp³-hybridized carbons (Fsp3) is 0.611. The quantitative estimate of drug-likeness (QED) is 0.795. The zero-order valence-corrected chi connectivity index (χ0v) is 16.6. The number of nitrogens with one attached hydrogen (secondary N) is 1. The molecule has 0 aromatic heterocycles. The van der Waals surface area contributed by atoms with Gasteiger partial charge in [-0.25, -0.2) is 4.79 Å². The van der Waals surface area contributed by atoms with E-state index in [9.17, 15) is 4.79 Å². The average Bonchev–Trinajstić information content (AvgIpc) is 2.42. The Labute approximate surface area is 142 Å². The maximum absolute atomic E-state index is 12.2. The number of hydrogen-bond donors (Lipinski definition) is 1. The average molecular weight is 338 g/mol. The van der Waals surface area contributed by atoms with Gasteiger partial charge < -0.3 is 14.5 Å². The van der Waals surface area contributed by atoms with Gasteiger partial charge >= 0.3 is 6.09 Å². The van der Waals surface area contributed by atoms with Crippen molar-refractivity contribution in [1.29, 1.82) is 0 Å². The van der Waals surface area contributed by atoms with Gasteiger partial charge in [-0.1, -0.05) is 51.1 Å². The van der Waals surface area contributed by atoms with Crippen LogP contribution in [0.25, 0.3) is 0 Å². The molecule has 1 rings (SSSR count). The molecule has 1 aromatic rings. The van der Waals surface area contributed by atoms with E-state index >= 15 is 0 Å². The molecule has 1 atom stereocenters. The van der Waals surface area contributed by atoms with E-state index in [2.05, 4.69) is 39.2 Å². The molecule has 0 bridgehead atoms. The molecule has 1 aromatic carbocycles. The number of ether oxygens (including phenoxy) is 1. The third-order valence-electron chi connectivity index (χ3n) is 3.49. The Balaban J connectivity index is 2.68. The summed E-state index contributed by atoms with van der Waals surface area (Å²) in [7, 11) is -1.23. The highest BCUT2D eigenvalue weighted by atomic mass is 28.3. The lowest BCUT2D eigenvalue weighted by Crippen LogP contribution is -2.58. The first-order valence-corrected chi connectivity index (χ1v) is 10.9. The van der Waals surface area contributed by atoms with Crippen LogP contribution in [0, 0.1) is 5.41 Å². The van der Waals surface area contributed by atoms with E-state index in [0.717, 1.165) is 5.56 Å². The Kier molecular flexibility index (Phi) is 6.83. The Morgan fingerprint density at radius 2 is 1.70 bits per heavy atom. The summed E-state index contributed by atoms with van der Waals surface area (Å²) >= 11 is 0. The third-order valence-corrected chi connectivity index (χ3v) is 4.30.